The van der Waals surface area contributed by atoms with E-state index in [1.54, 1.807) is 11.3 Å². The minimum absolute atomic E-state index is 0.0793. The zero-order chi connectivity index (χ0) is 13.1. The molecule has 3 heteroatoms. The maximum Gasteiger partial charge on any atom is 0.0731 e. The topological polar surface area (TPSA) is 35.2 Å². The fourth-order valence-corrected chi connectivity index (χ4v) is 3.86. The van der Waals surface area contributed by atoms with Crippen molar-refractivity contribution in [3.8, 4) is 0 Å². The molecule has 2 aromatic rings. The zero-order valence-corrected chi connectivity index (χ0v) is 12.0. The molecule has 1 aliphatic rings. The van der Waals surface area contributed by atoms with Gasteiger partial charge >= 0.3 is 0 Å². The van der Waals surface area contributed by atoms with Gasteiger partial charge in [-0.15, -0.1) is 11.3 Å². The Labute approximate surface area is 118 Å². The van der Waals surface area contributed by atoms with Crippen molar-refractivity contribution < 1.29 is 4.74 Å². The molecule has 1 aliphatic carbocycles. The van der Waals surface area contributed by atoms with E-state index < -0.39 is 0 Å². The summed E-state index contributed by atoms with van der Waals surface area (Å²) in [6.45, 7) is 1.38. The van der Waals surface area contributed by atoms with Crippen LogP contribution in [0.4, 0.5) is 0 Å². The molecule has 0 unspecified atom stereocenters. The van der Waals surface area contributed by atoms with Crippen molar-refractivity contribution in [3.63, 3.8) is 0 Å². The number of nitrogens with two attached hydrogens (primary N) is 1. The summed E-state index contributed by atoms with van der Waals surface area (Å²) in [6, 6.07) is 8.50. The molecule has 1 saturated carbocycles. The Morgan fingerprint density at radius 3 is 2.79 bits per heavy atom. The molecule has 2 N–H and O–H groups in total. The van der Waals surface area contributed by atoms with Gasteiger partial charge in [0.15, 0.2) is 0 Å². The van der Waals surface area contributed by atoms with Crippen LogP contribution in [-0.4, -0.2) is 12.1 Å². The molecule has 0 atom stereocenters. The summed E-state index contributed by atoms with van der Waals surface area (Å²) in [4.78, 5) is 0. The Balaban J connectivity index is 1.60. The zero-order valence-electron chi connectivity index (χ0n) is 11.2. The maximum absolute atomic E-state index is 6.39. The second-order valence-electron chi connectivity index (χ2n) is 5.67. The van der Waals surface area contributed by atoms with Crippen molar-refractivity contribution >= 4 is 21.4 Å². The number of rotatable bonds is 4. The number of fused-ring (bicyclic) bond motifs is 1. The third kappa shape index (κ3) is 2.99. The molecular weight excluding hydrogens is 254 g/mol. The molecule has 0 radical (unpaired) electrons. The van der Waals surface area contributed by atoms with E-state index in [4.69, 9.17) is 10.5 Å². The van der Waals surface area contributed by atoms with Crippen LogP contribution in [0.25, 0.3) is 10.1 Å². The van der Waals surface area contributed by atoms with Gasteiger partial charge in [0.05, 0.1) is 13.2 Å². The summed E-state index contributed by atoms with van der Waals surface area (Å²) < 4.78 is 7.24. The van der Waals surface area contributed by atoms with Gasteiger partial charge in [0.2, 0.25) is 0 Å². The SMILES string of the molecule is NC1(COCc2csc3ccccc23)CCCCC1. The van der Waals surface area contributed by atoms with Crippen LogP contribution in [0.3, 0.4) is 0 Å². The Bertz CT molecular complexity index is 542. The summed E-state index contributed by atoms with van der Waals surface area (Å²) >= 11 is 1.79. The van der Waals surface area contributed by atoms with E-state index in [1.165, 1.54) is 34.9 Å². The van der Waals surface area contributed by atoms with Crippen molar-refractivity contribution in [1.82, 2.24) is 0 Å². The van der Waals surface area contributed by atoms with Crippen LogP contribution in [-0.2, 0) is 11.3 Å². The molecule has 19 heavy (non-hydrogen) atoms. The molecule has 2 nitrogen and oxygen atoms in total. The number of ether oxygens (including phenoxy) is 1. The quantitative estimate of drug-likeness (QED) is 0.912. The molecule has 1 aromatic heterocycles. The fourth-order valence-electron chi connectivity index (χ4n) is 2.91. The summed E-state index contributed by atoms with van der Waals surface area (Å²) in [5, 5.41) is 3.52. The first kappa shape index (κ1) is 13.1. The fraction of sp³-hybridized carbons (Fsp3) is 0.500. The minimum Gasteiger partial charge on any atom is -0.375 e. The lowest BCUT2D eigenvalue weighted by atomic mass is 9.83. The average Bonchev–Trinajstić information content (AvgIpc) is 2.83. The first-order valence-corrected chi connectivity index (χ1v) is 7.97. The molecule has 102 valence electrons. The van der Waals surface area contributed by atoms with Gasteiger partial charge in [-0.25, -0.2) is 0 Å². The minimum atomic E-state index is -0.0793. The van der Waals surface area contributed by atoms with Crippen molar-refractivity contribution in [2.45, 2.75) is 44.2 Å². The van der Waals surface area contributed by atoms with Crippen molar-refractivity contribution in [1.29, 1.82) is 0 Å². The van der Waals surface area contributed by atoms with Crippen LogP contribution in [0.15, 0.2) is 29.6 Å². The normalized spacial score (nSPS) is 18.8. The predicted molar refractivity (Wildman–Crippen MR) is 81.5 cm³/mol. The van der Waals surface area contributed by atoms with Crippen LogP contribution >= 0.6 is 11.3 Å². The van der Waals surface area contributed by atoms with Gasteiger partial charge in [-0.3, -0.25) is 0 Å². The highest BCUT2D eigenvalue weighted by Gasteiger charge is 2.27. The van der Waals surface area contributed by atoms with Gasteiger partial charge in [0, 0.05) is 10.2 Å². The molecule has 0 spiro atoms. The van der Waals surface area contributed by atoms with Crippen LogP contribution in [0.2, 0.25) is 0 Å². The van der Waals surface area contributed by atoms with E-state index in [0.717, 1.165) is 12.8 Å². The lowest BCUT2D eigenvalue weighted by molar-refractivity contribution is 0.0581. The second kappa shape index (κ2) is 5.61. The van der Waals surface area contributed by atoms with Gasteiger partial charge in [0.1, 0.15) is 0 Å². The standard InChI is InChI=1S/C16H21NOS/c17-16(8-4-1-5-9-16)12-18-10-13-11-19-15-7-3-2-6-14(13)15/h2-3,6-7,11H,1,4-5,8-10,12,17H2. The van der Waals surface area contributed by atoms with Gasteiger partial charge in [-0.1, -0.05) is 37.5 Å². The van der Waals surface area contributed by atoms with E-state index in [9.17, 15) is 0 Å². The lowest BCUT2D eigenvalue weighted by Crippen LogP contribution is -2.46. The first-order valence-electron chi connectivity index (χ1n) is 7.09. The van der Waals surface area contributed by atoms with E-state index in [2.05, 4.69) is 29.6 Å². The van der Waals surface area contributed by atoms with E-state index in [-0.39, 0.29) is 5.54 Å². The third-order valence-corrected chi connectivity index (χ3v) is 5.07. The summed E-state index contributed by atoms with van der Waals surface area (Å²) in [6.07, 6.45) is 6.05. The van der Waals surface area contributed by atoms with E-state index >= 15 is 0 Å². The summed E-state index contributed by atoms with van der Waals surface area (Å²) in [5.74, 6) is 0. The van der Waals surface area contributed by atoms with Gasteiger partial charge in [-0.05, 0) is 35.2 Å². The Morgan fingerprint density at radius 1 is 1.16 bits per heavy atom. The molecule has 3 rings (SSSR count). The van der Waals surface area contributed by atoms with Crippen molar-refractivity contribution in [2.75, 3.05) is 6.61 Å². The Kier molecular flexibility index (Phi) is 3.87. The monoisotopic (exact) mass is 275 g/mol. The predicted octanol–water partition coefficient (Wildman–Crippen LogP) is 4.08. The molecule has 1 heterocycles. The second-order valence-corrected chi connectivity index (χ2v) is 6.58. The van der Waals surface area contributed by atoms with Crippen LogP contribution in [0.1, 0.15) is 37.7 Å². The number of thiophene rings is 1. The van der Waals surface area contributed by atoms with Gasteiger partial charge in [0.25, 0.3) is 0 Å². The molecule has 0 aliphatic heterocycles. The third-order valence-electron chi connectivity index (χ3n) is 4.06. The highest BCUT2D eigenvalue weighted by molar-refractivity contribution is 7.17. The van der Waals surface area contributed by atoms with Crippen molar-refractivity contribution in [3.05, 3.63) is 35.2 Å². The van der Waals surface area contributed by atoms with Crippen LogP contribution in [0.5, 0.6) is 0 Å². The van der Waals surface area contributed by atoms with Crippen LogP contribution < -0.4 is 5.73 Å². The average molecular weight is 275 g/mol. The first-order chi connectivity index (χ1) is 9.27. The molecule has 0 bridgehead atoms. The Hall–Kier alpha value is -0.900. The summed E-state index contributed by atoms with van der Waals surface area (Å²) in [5.41, 5.74) is 7.60. The molecule has 1 aromatic carbocycles. The van der Waals surface area contributed by atoms with Gasteiger partial charge < -0.3 is 10.5 Å². The molecule has 0 saturated heterocycles. The maximum atomic E-state index is 6.39. The molecule has 1 fully saturated rings. The smallest absolute Gasteiger partial charge is 0.0731 e. The van der Waals surface area contributed by atoms with Crippen LogP contribution in [0, 0.1) is 0 Å². The van der Waals surface area contributed by atoms with Gasteiger partial charge in [-0.2, -0.15) is 0 Å². The number of hydrogen-bond acceptors (Lipinski definition) is 3. The Morgan fingerprint density at radius 2 is 1.95 bits per heavy atom. The number of benzene rings is 1. The van der Waals surface area contributed by atoms with E-state index in [0.29, 0.717) is 13.2 Å². The highest BCUT2D eigenvalue weighted by atomic mass is 32.1. The largest absolute Gasteiger partial charge is 0.375 e. The highest BCUT2D eigenvalue weighted by Crippen LogP contribution is 2.28. The van der Waals surface area contributed by atoms with E-state index in [1.807, 2.05) is 0 Å². The summed E-state index contributed by atoms with van der Waals surface area (Å²) in [7, 11) is 0. The van der Waals surface area contributed by atoms with Crippen molar-refractivity contribution in [2.24, 2.45) is 5.73 Å². The molecular formula is C16H21NOS. The lowest BCUT2D eigenvalue weighted by Gasteiger charge is -2.33. The number of hydrogen-bond donors (Lipinski definition) is 1. The molecule has 0 amide bonds.